The Balaban J connectivity index is 0.659. The number of nitrogens with one attached hydrogen (secondary N) is 3. The molecule has 3 amide bonds. The van der Waals surface area contributed by atoms with E-state index in [1.807, 2.05) is 28.9 Å². The van der Waals surface area contributed by atoms with E-state index in [0.29, 0.717) is 54.5 Å². The van der Waals surface area contributed by atoms with Gasteiger partial charge in [0.2, 0.25) is 11.8 Å². The molecule has 6 fully saturated rings. The first-order chi connectivity index (χ1) is 32.6. The summed E-state index contributed by atoms with van der Waals surface area (Å²) < 4.78 is 60.5. The van der Waals surface area contributed by atoms with Gasteiger partial charge in [-0.25, -0.2) is 22.7 Å². The average molecular weight is 923 g/mol. The number of amides is 3. The van der Waals surface area contributed by atoms with E-state index in [0.717, 1.165) is 87.8 Å². The Kier molecular flexibility index (Phi) is 11.9. The molecule has 2 saturated carbocycles. The summed E-state index contributed by atoms with van der Waals surface area (Å²) in [5.74, 6) is 5.67. The number of aromatic nitrogens is 7. The van der Waals surface area contributed by atoms with E-state index < -0.39 is 36.2 Å². The van der Waals surface area contributed by atoms with Crippen LogP contribution in [0.15, 0.2) is 42.9 Å². The van der Waals surface area contributed by atoms with Crippen LogP contribution in [0.1, 0.15) is 110 Å². The molecule has 3 N–H and O–H groups in total. The number of carbonyl (C=O) groups is 3. The van der Waals surface area contributed by atoms with Crippen LogP contribution in [-0.2, 0) is 19.1 Å². The molecule has 11 rings (SSSR count). The highest BCUT2D eigenvalue weighted by Gasteiger charge is 2.37. The number of halogens is 3. The lowest BCUT2D eigenvalue weighted by molar-refractivity contribution is -0.134. The second-order valence-corrected chi connectivity index (χ2v) is 18.9. The quantitative estimate of drug-likeness (QED) is 0.110. The Morgan fingerprint density at radius 2 is 1.81 bits per heavy atom. The number of likely N-dealkylation sites (tertiary alicyclic amines) is 1. The molecule has 0 bridgehead atoms. The van der Waals surface area contributed by atoms with Crippen molar-refractivity contribution >= 4 is 45.8 Å². The topological polar surface area (TPSA) is 178 Å². The minimum atomic E-state index is -2.90. The predicted octanol–water partition coefficient (Wildman–Crippen LogP) is 4.71. The Morgan fingerprint density at radius 1 is 0.985 bits per heavy atom. The predicted molar refractivity (Wildman–Crippen MR) is 239 cm³/mol. The molecule has 4 saturated heterocycles. The van der Waals surface area contributed by atoms with Crippen LogP contribution in [0.25, 0.3) is 16.6 Å². The Morgan fingerprint density at radius 3 is 2.55 bits per heavy atom. The fraction of sp³-hybridized carbons (Fsp3) is 0.553. The van der Waals surface area contributed by atoms with Crippen molar-refractivity contribution < 1.29 is 37.0 Å². The van der Waals surface area contributed by atoms with Gasteiger partial charge in [0.25, 0.3) is 12.3 Å². The first-order valence-electron chi connectivity index (χ1n) is 23.5. The monoisotopic (exact) mass is 922 g/mol. The Hall–Kier alpha value is -5.88. The maximum Gasteiger partial charge on any atom is 0.284 e. The van der Waals surface area contributed by atoms with Crippen LogP contribution in [0.5, 0.6) is 0 Å². The van der Waals surface area contributed by atoms with Crippen LogP contribution >= 0.6 is 0 Å². The summed E-state index contributed by atoms with van der Waals surface area (Å²) in [5, 5.41) is 22.9. The van der Waals surface area contributed by atoms with Gasteiger partial charge in [-0.05, 0) is 69.4 Å². The van der Waals surface area contributed by atoms with Crippen molar-refractivity contribution in [3.63, 3.8) is 0 Å². The van der Waals surface area contributed by atoms with Crippen LogP contribution in [0.4, 0.5) is 24.7 Å². The fourth-order valence-electron chi connectivity index (χ4n) is 10.3. The molecule has 352 valence electrons. The lowest BCUT2D eigenvalue weighted by Crippen LogP contribution is -2.63. The highest BCUT2D eigenvalue weighted by atomic mass is 19.3. The van der Waals surface area contributed by atoms with Gasteiger partial charge in [-0.3, -0.25) is 34.0 Å². The van der Waals surface area contributed by atoms with Gasteiger partial charge in [0.05, 0.1) is 72.0 Å². The SMILES string of the molecule is O=C1CCC(c2nn(C3CC3)c3c(C#CCO[C@H]4CCN(CC5CCC(n6cc(NC(=O)c7cnn8ccc(N9CC(NC%10COC%10)C9)nc78)c(C(F)F)n6)CC5)C[C@H]4F)cccc23)C(=O)N1. The number of piperidine rings is 2. The number of anilines is 2. The molecule has 67 heavy (non-hydrogen) atoms. The number of fused-ring (bicyclic) bond motifs is 2. The normalized spacial score (nSPS) is 25.3. The van der Waals surface area contributed by atoms with Crippen molar-refractivity contribution in [2.45, 2.75) is 107 Å². The number of nitrogens with zero attached hydrogens (tertiary/aromatic N) is 9. The second-order valence-electron chi connectivity index (χ2n) is 18.9. The van der Waals surface area contributed by atoms with Gasteiger partial charge in [-0.2, -0.15) is 15.3 Å². The van der Waals surface area contributed by atoms with Crippen LogP contribution in [-0.4, -0.2) is 134 Å². The summed E-state index contributed by atoms with van der Waals surface area (Å²) in [4.78, 5) is 47.1. The third-order valence-electron chi connectivity index (χ3n) is 14.2. The van der Waals surface area contributed by atoms with Gasteiger partial charge < -0.3 is 25.0 Å². The van der Waals surface area contributed by atoms with E-state index in [9.17, 15) is 23.2 Å². The number of ether oxygens (including phenoxy) is 2. The summed E-state index contributed by atoms with van der Waals surface area (Å²) in [6.45, 7) is 4.75. The number of imide groups is 1. The Labute approximate surface area is 384 Å². The number of alkyl halides is 3. The van der Waals surface area contributed by atoms with Gasteiger partial charge in [0.1, 0.15) is 24.2 Å². The van der Waals surface area contributed by atoms with E-state index in [4.69, 9.17) is 19.6 Å². The molecule has 4 aromatic heterocycles. The van der Waals surface area contributed by atoms with E-state index >= 15 is 4.39 Å². The molecule has 1 unspecified atom stereocenters. The second kappa shape index (κ2) is 18.3. The average Bonchev–Trinajstić information content (AvgIpc) is 3.71. The zero-order valence-corrected chi connectivity index (χ0v) is 37.0. The van der Waals surface area contributed by atoms with E-state index in [1.165, 1.54) is 16.9 Å². The van der Waals surface area contributed by atoms with Gasteiger partial charge in [-0.1, -0.05) is 24.0 Å². The van der Waals surface area contributed by atoms with Crippen molar-refractivity contribution in [1.29, 1.82) is 0 Å². The number of hydrogen-bond acceptors (Lipinski definition) is 12. The third-order valence-corrected chi connectivity index (χ3v) is 14.2. The Bertz CT molecular complexity index is 2740. The first-order valence-corrected chi connectivity index (χ1v) is 23.5. The maximum atomic E-state index is 15.6. The molecule has 2 aliphatic carbocycles. The number of benzene rings is 1. The zero-order chi connectivity index (χ0) is 45.8. The van der Waals surface area contributed by atoms with Gasteiger partial charge >= 0.3 is 0 Å². The highest BCUT2D eigenvalue weighted by molar-refractivity contribution is 6.08. The third kappa shape index (κ3) is 9.01. The van der Waals surface area contributed by atoms with Gasteiger partial charge in [-0.15, -0.1) is 0 Å². The van der Waals surface area contributed by atoms with E-state index in [1.54, 1.807) is 10.9 Å². The van der Waals surface area contributed by atoms with Crippen molar-refractivity contribution in [3.8, 4) is 11.8 Å². The smallest absolute Gasteiger partial charge is 0.284 e. The molecule has 1 aromatic carbocycles. The standard InChI is InChI=1S/C47H53F3N12O5/c48-36-23-58(16-14-38(36)67-18-2-4-28-3-1-5-33-41(34-12-13-40(63)55-46(34)64)57-62(43(28)33)32-10-11-32)20-27-6-8-31(9-7-27)61-24-37(42(56-61)44(49)50)53-47(65)35-19-51-60-17-15-39(54-45(35)60)59-21-29(22-59)52-30-25-66-26-30/h1,3,5,15,17,19,24,27,29-32,34,36,38,44,52H,6-14,16,18,20-23,25-26H2,(H,53,65)(H,55,63,64)/t27?,31?,34?,36-,38+/m1/s1. The minimum absolute atomic E-state index is 0.0432. The maximum absolute atomic E-state index is 15.6. The lowest BCUT2D eigenvalue weighted by atomic mass is 9.85. The van der Waals surface area contributed by atoms with Crippen LogP contribution in [0.3, 0.4) is 0 Å². The molecule has 5 aromatic rings. The van der Waals surface area contributed by atoms with Gasteiger partial charge in [0.15, 0.2) is 11.3 Å². The zero-order valence-electron chi connectivity index (χ0n) is 37.0. The molecule has 0 spiro atoms. The van der Waals surface area contributed by atoms with Crippen LogP contribution < -0.4 is 20.9 Å². The minimum Gasteiger partial charge on any atom is -0.378 e. The molecule has 17 nitrogen and oxygen atoms in total. The molecule has 4 aliphatic heterocycles. The molecule has 0 radical (unpaired) electrons. The number of para-hydroxylation sites is 1. The molecule has 20 heteroatoms. The van der Waals surface area contributed by atoms with Crippen molar-refractivity contribution in [1.82, 2.24) is 49.7 Å². The van der Waals surface area contributed by atoms with Crippen molar-refractivity contribution in [2.75, 3.05) is 62.8 Å². The summed E-state index contributed by atoms with van der Waals surface area (Å²) in [6, 6.07) is 8.45. The molecule has 6 aliphatic rings. The number of carbonyl (C=O) groups excluding carboxylic acids is 3. The van der Waals surface area contributed by atoms with E-state index in [2.05, 4.69) is 47.8 Å². The van der Waals surface area contributed by atoms with Crippen molar-refractivity contribution in [2.24, 2.45) is 5.92 Å². The van der Waals surface area contributed by atoms with Gasteiger partial charge in [0, 0.05) is 63.0 Å². The molecule has 8 heterocycles. The first kappa shape index (κ1) is 43.7. The largest absolute Gasteiger partial charge is 0.378 e. The van der Waals surface area contributed by atoms with Crippen LogP contribution in [0, 0.1) is 17.8 Å². The highest BCUT2D eigenvalue weighted by Crippen LogP contribution is 2.41. The number of rotatable bonds is 13. The summed E-state index contributed by atoms with van der Waals surface area (Å²) >= 11 is 0. The lowest BCUT2D eigenvalue weighted by Gasteiger charge is -2.43. The summed E-state index contributed by atoms with van der Waals surface area (Å²) in [6.07, 6.45) is 6.31. The number of hydrogen-bond donors (Lipinski definition) is 3. The molecular weight excluding hydrogens is 870 g/mol. The van der Waals surface area contributed by atoms with E-state index in [-0.39, 0.29) is 54.7 Å². The van der Waals surface area contributed by atoms with Crippen molar-refractivity contribution in [3.05, 3.63) is 65.4 Å². The molecule has 3 atom stereocenters. The fourth-order valence-corrected chi connectivity index (χ4v) is 10.3. The van der Waals surface area contributed by atoms with Crippen LogP contribution in [0.2, 0.25) is 0 Å². The summed E-state index contributed by atoms with van der Waals surface area (Å²) in [7, 11) is 0. The summed E-state index contributed by atoms with van der Waals surface area (Å²) in [5.41, 5.74) is 2.28. The molecular formula is C47H53F3N12O5.